The first kappa shape index (κ1) is 24.0. The van der Waals surface area contributed by atoms with Crippen LogP contribution in [0.2, 0.25) is 0 Å². The van der Waals surface area contributed by atoms with E-state index in [9.17, 15) is 9.18 Å². The average molecular weight is 477 g/mol. The summed E-state index contributed by atoms with van der Waals surface area (Å²) in [4.78, 5) is 17.4. The summed E-state index contributed by atoms with van der Waals surface area (Å²) in [6.07, 6.45) is 8.40. The van der Waals surface area contributed by atoms with Gasteiger partial charge in [0, 0.05) is 50.5 Å². The van der Waals surface area contributed by atoms with E-state index < -0.39 is 0 Å². The zero-order chi connectivity index (χ0) is 24.0. The maximum Gasteiger partial charge on any atom is 0.224 e. The summed E-state index contributed by atoms with van der Waals surface area (Å²) < 4.78 is 15.5. The Labute approximate surface area is 207 Å². The zero-order valence-corrected chi connectivity index (χ0v) is 20.6. The molecular weight excluding hydrogens is 439 g/mol. The Hall–Kier alpha value is -2.70. The molecule has 0 radical (unpaired) electrons. The van der Waals surface area contributed by atoms with Crippen molar-refractivity contribution in [2.45, 2.75) is 44.6 Å². The third-order valence-electron chi connectivity index (χ3n) is 7.68. The van der Waals surface area contributed by atoms with E-state index in [2.05, 4.69) is 50.1 Å². The molecule has 0 atom stereocenters. The highest BCUT2D eigenvalue weighted by atomic mass is 19.1. The lowest BCUT2D eigenvalue weighted by Gasteiger charge is -2.33. The van der Waals surface area contributed by atoms with Gasteiger partial charge in [-0.15, -0.1) is 0 Å². The highest BCUT2D eigenvalue weighted by Gasteiger charge is 2.21. The van der Waals surface area contributed by atoms with Gasteiger partial charge in [0.1, 0.15) is 5.82 Å². The van der Waals surface area contributed by atoms with Crippen molar-refractivity contribution in [3.63, 3.8) is 0 Å². The van der Waals surface area contributed by atoms with Crippen molar-refractivity contribution in [2.75, 3.05) is 45.8 Å². The Morgan fingerprint density at radius 2 is 1.60 bits per heavy atom. The fourth-order valence-corrected chi connectivity index (χ4v) is 5.59. The Bertz CT molecular complexity index is 1110. The number of aromatic nitrogens is 1. The van der Waals surface area contributed by atoms with Crippen LogP contribution in [0.5, 0.6) is 0 Å². The standard InChI is InChI=1S/C29H37FN4O/c30-26-7-4-23(5-8-26)9-16-33-17-11-27(12-18-33)34-19-10-25-6-3-24(21-28(25)34)22-29(35)31-13-20-32-14-1-2-15-32/h3-8,10,19,21,27H,1-2,9,11-18,20,22H2,(H,31,35). The summed E-state index contributed by atoms with van der Waals surface area (Å²) in [6.45, 7) is 7.18. The molecule has 5 rings (SSSR count). The summed E-state index contributed by atoms with van der Waals surface area (Å²) in [5, 5.41) is 4.34. The second kappa shape index (κ2) is 11.4. The zero-order valence-electron chi connectivity index (χ0n) is 20.6. The molecule has 2 aliphatic rings. The maximum atomic E-state index is 13.1. The molecule has 0 spiro atoms. The van der Waals surface area contributed by atoms with Crippen molar-refractivity contribution in [3.8, 4) is 0 Å². The van der Waals surface area contributed by atoms with E-state index in [4.69, 9.17) is 0 Å². The number of rotatable bonds is 9. The highest BCUT2D eigenvalue weighted by molar-refractivity contribution is 5.84. The van der Waals surface area contributed by atoms with E-state index in [0.29, 0.717) is 12.5 Å². The minimum atomic E-state index is -0.171. The second-order valence-corrected chi connectivity index (χ2v) is 10.1. The number of carbonyl (C=O) groups is 1. The van der Waals surface area contributed by atoms with Crippen molar-refractivity contribution in [1.82, 2.24) is 19.7 Å². The molecule has 6 heteroatoms. The van der Waals surface area contributed by atoms with Crippen LogP contribution >= 0.6 is 0 Å². The minimum absolute atomic E-state index is 0.108. The fourth-order valence-electron chi connectivity index (χ4n) is 5.59. The van der Waals surface area contributed by atoms with E-state index >= 15 is 0 Å². The van der Waals surface area contributed by atoms with Gasteiger partial charge in [0.25, 0.3) is 0 Å². The maximum absolute atomic E-state index is 13.1. The number of likely N-dealkylation sites (tertiary alicyclic amines) is 2. The van der Waals surface area contributed by atoms with Gasteiger partial charge in [-0.25, -0.2) is 4.39 Å². The Kier molecular flexibility index (Phi) is 7.79. The van der Waals surface area contributed by atoms with Gasteiger partial charge in [0.15, 0.2) is 0 Å². The number of halogens is 1. The molecule has 186 valence electrons. The van der Waals surface area contributed by atoms with Crippen molar-refractivity contribution < 1.29 is 9.18 Å². The molecule has 35 heavy (non-hydrogen) atoms. The van der Waals surface area contributed by atoms with Gasteiger partial charge in [-0.3, -0.25) is 4.79 Å². The monoisotopic (exact) mass is 476 g/mol. The lowest BCUT2D eigenvalue weighted by Crippen LogP contribution is -2.35. The van der Waals surface area contributed by atoms with Crippen LogP contribution in [0.25, 0.3) is 10.9 Å². The normalized spacial score (nSPS) is 17.9. The molecule has 1 amide bonds. The Balaban J connectivity index is 1.13. The van der Waals surface area contributed by atoms with Crippen LogP contribution < -0.4 is 5.32 Å². The first-order valence-electron chi connectivity index (χ1n) is 13.2. The molecule has 2 aliphatic heterocycles. The topological polar surface area (TPSA) is 40.5 Å². The van der Waals surface area contributed by atoms with Crippen LogP contribution in [0, 0.1) is 5.82 Å². The predicted molar refractivity (Wildman–Crippen MR) is 139 cm³/mol. The molecule has 2 aromatic carbocycles. The van der Waals surface area contributed by atoms with E-state index in [1.807, 2.05) is 12.1 Å². The van der Waals surface area contributed by atoms with Gasteiger partial charge < -0.3 is 19.7 Å². The molecule has 0 bridgehead atoms. The van der Waals surface area contributed by atoms with E-state index in [1.165, 1.54) is 29.3 Å². The number of hydrogen-bond acceptors (Lipinski definition) is 3. The lowest BCUT2D eigenvalue weighted by molar-refractivity contribution is -0.120. The molecule has 3 aromatic rings. The summed E-state index contributed by atoms with van der Waals surface area (Å²) in [6, 6.07) is 16.0. The number of nitrogens with one attached hydrogen (secondary N) is 1. The number of nitrogens with zero attached hydrogens (tertiary/aromatic N) is 3. The molecule has 0 unspecified atom stereocenters. The quantitative estimate of drug-likeness (QED) is 0.497. The van der Waals surface area contributed by atoms with E-state index in [-0.39, 0.29) is 11.7 Å². The number of benzene rings is 2. The van der Waals surface area contributed by atoms with E-state index in [1.54, 1.807) is 12.1 Å². The lowest BCUT2D eigenvalue weighted by atomic mass is 10.0. The van der Waals surface area contributed by atoms with Crippen molar-refractivity contribution in [2.24, 2.45) is 0 Å². The van der Waals surface area contributed by atoms with Gasteiger partial charge in [-0.05, 0) is 86.0 Å². The molecule has 3 heterocycles. The second-order valence-electron chi connectivity index (χ2n) is 10.1. The summed E-state index contributed by atoms with van der Waals surface area (Å²) in [5.41, 5.74) is 3.50. The third kappa shape index (κ3) is 6.30. The number of fused-ring (bicyclic) bond motifs is 1. The molecule has 1 aromatic heterocycles. The van der Waals surface area contributed by atoms with E-state index in [0.717, 1.165) is 70.6 Å². The van der Waals surface area contributed by atoms with Gasteiger partial charge in [0.05, 0.1) is 6.42 Å². The van der Waals surface area contributed by atoms with Crippen LogP contribution in [0.15, 0.2) is 54.7 Å². The molecule has 0 aliphatic carbocycles. The van der Waals surface area contributed by atoms with Crippen molar-refractivity contribution in [3.05, 3.63) is 71.7 Å². The average Bonchev–Trinajstić information content (AvgIpc) is 3.54. The van der Waals surface area contributed by atoms with Crippen LogP contribution in [-0.2, 0) is 17.6 Å². The van der Waals surface area contributed by atoms with Gasteiger partial charge in [-0.2, -0.15) is 0 Å². The van der Waals surface area contributed by atoms with Crippen LogP contribution in [0.1, 0.15) is 42.9 Å². The third-order valence-corrected chi connectivity index (χ3v) is 7.68. The molecule has 1 N–H and O–H groups in total. The van der Waals surface area contributed by atoms with Gasteiger partial charge >= 0.3 is 0 Å². The highest BCUT2D eigenvalue weighted by Crippen LogP contribution is 2.28. The van der Waals surface area contributed by atoms with Gasteiger partial charge in [-0.1, -0.05) is 24.3 Å². The Morgan fingerprint density at radius 1 is 0.886 bits per heavy atom. The van der Waals surface area contributed by atoms with Gasteiger partial charge in [0.2, 0.25) is 5.91 Å². The Morgan fingerprint density at radius 3 is 2.37 bits per heavy atom. The van der Waals surface area contributed by atoms with Crippen LogP contribution in [0.3, 0.4) is 0 Å². The molecular formula is C29H37FN4O. The number of carbonyl (C=O) groups excluding carboxylic acids is 1. The molecule has 2 saturated heterocycles. The SMILES string of the molecule is O=C(Cc1ccc2ccn(C3CCN(CCc4ccc(F)cc4)CC3)c2c1)NCCN1CCCC1. The molecule has 2 fully saturated rings. The van der Waals surface area contributed by atoms with Crippen molar-refractivity contribution >= 4 is 16.8 Å². The first-order valence-corrected chi connectivity index (χ1v) is 13.2. The van der Waals surface area contributed by atoms with Crippen molar-refractivity contribution in [1.29, 1.82) is 0 Å². The molecule has 0 saturated carbocycles. The molecule has 5 nitrogen and oxygen atoms in total. The minimum Gasteiger partial charge on any atom is -0.355 e. The largest absolute Gasteiger partial charge is 0.355 e. The first-order chi connectivity index (χ1) is 17.1. The van der Waals surface area contributed by atoms with Crippen LogP contribution in [-0.4, -0.2) is 66.1 Å². The summed E-state index contributed by atoms with van der Waals surface area (Å²) >= 11 is 0. The number of amides is 1. The smallest absolute Gasteiger partial charge is 0.224 e. The summed E-state index contributed by atoms with van der Waals surface area (Å²) in [5.74, 6) is -0.0639. The predicted octanol–water partition coefficient (Wildman–Crippen LogP) is 4.41. The fraction of sp³-hybridized carbons (Fsp3) is 0.483. The number of piperidine rings is 1. The summed E-state index contributed by atoms with van der Waals surface area (Å²) in [7, 11) is 0. The van der Waals surface area contributed by atoms with Crippen LogP contribution in [0.4, 0.5) is 4.39 Å². The number of hydrogen-bond donors (Lipinski definition) is 1.